The molecule has 4 aromatic rings. The van der Waals surface area contributed by atoms with Gasteiger partial charge in [0, 0.05) is 5.56 Å². The lowest BCUT2D eigenvalue weighted by molar-refractivity contribution is 0.388. The summed E-state index contributed by atoms with van der Waals surface area (Å²) in [4.78, 5) is 13.2. The van der Waals surface area contributed by atoms with Crippen LogP contribution in [0.15, 0.2) is 63.1 Å². The minimum absolute atomic E-state index is 0.0789. The van der Waals surface area contributed by atoms with Gasteiger partial charge >= 0.3 is 5.63 Å². The molecule has 164 valence electrons. The van der Waals surface area contributed by atoms with Crippen LogP contribution in [0.25, 0.3) is 16.7 Å². The van der Waals surface area contributed by atoms with Crippen molar-refractivity contribution in [1.82, 2.24) is 9.78 Å². The fourth-order valence-corrected chi connectivity index (χ4v) is 4.60. The second kappa shape index (κ2) is 7.54. The molecule has 1 atom stereocenters. The summed E-state index contributed by atoms with van der Waals surface area (Å²) in [6.45, 7) is 5.69. The number of benzene rings is 2. The van der Waals surface area contributed by atoms with Crippen molar-refractivity contribution < 1.29 is 9.15 Å². The van der Waals surface area contributed by atoms with Crippen LogP contribution in [0.5, 0.6) is 5.75 Å². The van der Waals surface area contributed by atoms with Crippen LogP contribution in [0.4, 0.5) is 0 Å². The lowest BCUT2D eigenvalue weighted by Crippen LogP contribution is -2.26. The van der Waals surface area contributed by atoms with E-state index in [9.17, 15) is 10.1 Å². The van der Waals surface area contributed by atoms with Gasteiger partial charge in [0.15, 0.2) is 5.75 Å². The molecule has 0 radical (unpaired) electrons. The molecular weight excluding hydrogens is 440 g/mol. The lowest BCUT2D eigenvalue weighted by Gasteiger charge is -2.26. The summed E-state index contributed by atoms with van der Waals surface area (Å²) in [6.07, 6.45) is 0. The van der Waals surface area contributed by atoms with Gasteiger partial charge < -0.3 is 14.9 Å². The summed E-state index contributed by atoms with van der Waals surface area (Å²) >= 11 is 6.82. The van der Waals surface area contributed by atoms with Gasteiger partial charge in [-0.1, -0.05) is 40.9 Å². The van der Waals surface area contributed by atoms with E-state index in [1.807, 2.05) is 50.2 Å². The van der Waals surface area contributed by atoms with Crippen LogP contribution in [-0.2, 0) is 0 Å². The summed E-state index contributed by atoms with van der Waals surface area (Å²) in [6, 6.07) is 15.2. The Bertz CT molecular complexity index is 1570. The predicted octanol–water partition coefficient (Wildman–Crippen LogP) is 4.78. The maximum absolute atomic E-state index is 13.2. The Labute approximate surface area is 194 Å². The SMILES string of the molecule is Cc1ccc(-n2nc(C)c(C3C(C#N)=C(N)Oc4c3c(=O)oc3ccc(C)cc43)c2Cl)cc1. The Kier molecular flexibility index (Phi) is 4.76. The fourth-order valence-electron chi connectivity index (χ4n) is 4.22. The van der Waals surface area contributed by atoms with Crippen molar-refractivity contribution in [2.24, 2.45) is 5.73 Å². The molecule has 0 fully saturated rings. The van der Waals surface area contributed by atoms with E-state index >= 15 is 0 Å². The van der Waals surface area contributed by atoms with E-state index in [-0.39, 0.29) is 27.9 Å². The molecule has 2 aromatic carbocycles. The van der Waals surface area contributed by atoms with Crippen LogP contribution < -0.4 is 16.1 Å². The molecule has 0 saturated carbocycles. The van der Waals surface area contributed by atoms with E-state index in [2.05, 4.69) is 11.2 Å². The number of aryl methyl sites for hydroxylation is 3. The first-order valence-electron chi connectivity index (χ1n) is 10.3. The molecule has 8 heteroatoms. The number of hydrogen-bond acceptors (Lipinski definition) is 6. The smallest absolute Gasteiger partial charge is 0.344 e. The number of nitrogens with two attached hydrogens (primary N) is 1. The van der Waals surface area contributed by atoms with Crippen molar-refractivity contribution in [1.29, 1.82) is 5.26 Å². The van der Waals surface area contributed by atoms with Gasteiger partial charge in [0.1, 0.15) is 22.4 Å². The molecule has 3 heterocycles. The third-order valence-corrected chi connectivity index (χ3v) is 6.20. The Morgan fingerprint density at radius 1 is 1.09 bits per heavy atom. The third-order valence-electron chi connectivity index (χ3n) is 5.84. The van der Waals surface area contributed by atoms with Crippen LogP contribution in [0.3, 0.4) is 0 Å². The Hall–Kier alpha value is -4.02. The van der Waals surface area contributed by atoms with Crippen molar-refractivity contribution in [3.05, 3.63) is 97.4 Å². The second-order valence-corrected chi connectivity index (χ2v) is 8.45. The van der Waals surface area contributed by atoms with Crippen LogP contribution >= 0.6 is 11.6 Å². The molecule has 0 bridgehead atoms. The molecule has 1 aliphatic rings. The molecule has 7 nitrogen and oxygen atoms in total. The topological polar surface area (TPSA) is 107 Å². The molecule has 0 amide bonds. The molecule has 2 aromatic heterocycles. The van der Waals surface area contributed by atoms with Gasteiger partial charge in [-0.2, -0.15) is 10.4 Å². The van der Waals surface area contributed by atoms with E-state index in [0.29, 0.717) is 22.2 Å². The summed E-state index contributed by atoms with van der Waals surface area (Å²) in [5.41, 5.74) is 10.0. The largest absolute Gasteiger partial charge is 0.439 e. The van der Waals surface area contributed by atoms with Gasteiger partial charge in [-0.25, -0.2) is 9.48 Å². The van der Waals surface area contributed by atoms with Crippen molar-refractivity contribution >= 4 is 22.6 Å². The van der Waals surface area contributed by atoms with E-state index in [0.717, 1.165) is 16.8 Å². The summed E-state index contributed by atoms with van der Waals surface area (Å²) in [7, 11) is 0. The summed E-state index contributed by atoms with van der Waals surface area (Å²) in [5, 5.41) is 15.4. The lowest BCUT2D eigenvalue weighted by atomic mass is 9.84. The molecule has 33 heavy (non-hydrogen) atoms. The fraction of sp³-hybridized carbons (Fsp3) is 0.160. The number of fused-ring (bicyclic) bond motifs is 3. The highest BCUT2D eigenvalue weighted by Gasteiger charge is 2.39. The van der Waals surface area contributed by atoms with Crippen LogP contribution in [0, 0.1) is 32.1 Å². The van der Waals surface area contributed by atoms with Crippen molar-refractivity contribution in [3.63, 3.8) is 0 Å². The highest BCUT2D eigenvalue weighted by Crippen LogP contribution is 2.46. The molecule has 0 spiro atoms. The van der Waals surface area contributed by atoms with Gasteiger partial charge in [0.05, 0.1) is 28.2 Å². The number of nitrogens with zero attached hydrogens (tertiary/aromatic N) is 3. The van der Waals surface area contributed by atoms with Crippen LogP contribution in [-0.4, -0.2) is 9.78 Å². The Morgan fingerprint density at radius 3 is 2.48 bits per heavy atom. The van der Waals surface area contributed by atoms with Gasteiger partial charge in [-0.05, 0) is 45.0 Å². The molecular formula is C25H19ClN4O3. The number of hydrogen-bond donors (Lipinski definition) is 1. The molecule has 0 saturated heterocycles. The number of aromatic nitrogens is 2. The van der Waals surface area contributed by atoms with Crippen LogP contribution in [0.1, 0.15) is 33.9 Å². The van der Waals surface area contributed by atoms with E-state index < -0.39 is 11.5 Å². The predicted molar refractivity (Wildman–Crippen MR) is 125 cm³/mol. The normalized spacial score (nSPS) is 15.3. The van der Waals surface area contributed by atoms with E-state index in [1.54, 1.807) is 17.7 Å². The van der Waals surface area contributed by atoms with E-state index in [4.69, 9.17) is 26.5 Å². The Morgan fingerprint density at radius 2 is 1.79 bits per heavy atom. The number of allylic oxidation sites excluding steroid dienone is 1. The van der Waals surface area contributed by atoms with E-state index in [1.165, 1.54) is 0 Å². The summed E-state index contributed by atoms with van der Waals surface area (Å²) in [5.74, 6) is -0.696. The maximum Gasteiger partial charge on any atom is 0.344 e. The first-order valence-corrected chi connectivity index (χ1v) is 10.6. The zero-order chi connectivity index (χ0) is 23.4. The van der Waals surface area contributed by atoms with Gasteiger partial charge in [0.2, 0.25) is 5.88 Å². The minimum Gasteiger partial charge on any atom is -0.439 e. The monoisotopic (exact) mass is 458 g/mol. The third kappa shape index (κ3) is 3.19. The molecule has 5 rings (SSSR count). The number of rotatable bonds is 2. The average molecular weight is 459 g/mol. The quantitative estimate of drug-likeness (QED) is 0.433. The molecule has 0 aliphatic carbocycles. The van der Waals surface area contributed by atoms with Gasteiger partial charge in [-0.3, -0.25) is 0 Å². The highest BCUT2D eigenvalue weighted by molar-refractivity contribution is 6.30. The van der Waals surface area contributed by atoms with Crippen LogP contribution in [0.2, 0.25) is 5.15 Å². The van der Waals surface area contributed by atoms with Gasteiger partial charge in [0.25, 0.3) is 0 Å². The molecule has 1 aliphatic heterocycles. The maximum atomic E-state index is 13.2. The molecule has 2 N–H and O–H groups in total. The Balaban J connectivity index is 1.82. The minimum atomic E-state index is -0.883. The first kappa shape index (κ1) is 20.9. The van der Waals surface area contributed by atoms with Crippen molar-refractivity contribution in [2.75, 3.05) is 0 Å². The highest BCUT2D eigenvalue weighted by atomic mass is 35.5. The standard InChI is InChI=1S/C25H19ClN4O3/c1-12-4-7-15(8-5-12)30-23(26)19(14(3)29-30)20-17(11-27)24(28)33-22-16-10-13(2)6-9-18(16)32-25(31)21(20)22/h4-10,20H,28H2,1-3H3. The van der Waals surface area contributed by atoms with Crippen molar-refractivity contribution in [2.45, 2.75) is 26.7 Å². The average Bonchev–Trinajstić information content (AvgIpc) is 3.07. The number of halogens is 1. The number of ether oxygens (including phenoxy) is 1. The zero-order valence-electron chi connectivity index (χ0n) is 18.1. The number of nitriles is 1. The summed E-state index contributed by atoms with van der Waals surface area (Å²) < 4.78 is 13.0. The zero-order valence-corrected chi connectivity index (χ0v) is 18.9. The molecule has 1 unspecified atom stereocenters. The van der Waals surface area contributed by atoms with Crippen molar-refractivity contribution in [3.8, 4) is 17.5 Å². The van der Waals surface area contributed by atoms with Gasteiger partial charge in [-0.15, -0.1) is 0 Å². The second-order valence-electron chi connectivity index (χ2n) is 8.09. The first-order chi connectivity index (χ1) is 15.8.